The van der Waals surface area contributed by atoms with Gasteiger partial charge in [-0.15, -0.1) is 0 Å². The Balaban J connectivity index is 1.21. The standard InChI is InChI=1S/C58H40N2/c1-5-15-41(16-6-1)55-27-25-45(37-57(55)43-19-9-3-10-20-43)49-31-50(46-26-28-56(42-17-7-2-8-18-42)58(38-46)44-21-11-4-12-22-44)33-53(32-49)54-35-51(47-23-13-29-59-39-47)34-52(36-54)48-24-14-30-60-40-48/h1-40H. The van der Waals surface area contributed by atoms with Gasteiger partial charge in [-0.25, -0.2) is 0 Å². The van der Waals surface area contributed by atoms with Gasteiger partial charge in [0.25, 0.3) is 0 Å². The first-order chi connectivity index (χ1) is 29.7. The lowest BCUT2D eigenvalue weighted by molar-refractivity contribution is 1.32. The number of pyridine rings is 2. The van der Waals surface area contributed by atoms with E-state index in [0.717, 1.165) is 55.6 Å². The van der Waals surface area contributed by atoms with Crippen LogP contribution in [0.15, 0.2) is 243 Å². The Hall–Kier alpha value is -7.94. The molecule has 0 aliphatic carbocycles. The summed E-state index contributed by atoms with van der Waals surface area (Å²) < 4.78 is 0. The maximum absolute atomic E-state index is 4.49. The molecule has 2 heteroatoms. The molecule has 10 aromatic rings. The summed E-state index contributed by atoms with van der Waals surface area (Å²) in [7, 11) is 0. The first-order valence-electron chi connectivity index (χ1n) is 20.4. The van der Waals surface area contributed by atoms with Crippen LogP contribution < -0.4 is 0 Å². The molecule has 282 valence electrons. The van der Waals surface area contributed by atoms with Crippen LogP contribution in [0.3, 0.4) is 0 Å². The monoisotopic (exact) mass is 764 g/mol. The SMILES string of the molecule is c1ccc(-c2ccc(-c3cc(-c4cc(-c5cccnc5)cc(-c5cccnc5)c4)cc(-c4ccc(-c5ccccc5)c(-c5ccccc5)c4)c3)cc2-c2ccccc2)cc1. The molecular formula is C58H40N2. The van der Waals surface area contributed by atoms with Crippen LogP contribution in [0.1, 0.15) is 0 Å². The molecule has 0 saturated carbocycles. The molecule has 0 N–H and O–H groups in total. The molecule has 0 unspecified atom stereocenters. The van der Waals surface area contributed by atoms with Crippen LogP contribution in [0.2, 0.25) is 0 Å². The Labute approximate surface area is 351 Å². The van der Waals surface area contributed by atoms with E-state index in [1.54, 1.807) is 0 Å². The molecular weight excluding hydrogens is 725 g/mol. The molecule has 2 aromatic heterocycles. The Morgan fingerprint density at radius 2 is 0.467 bits per heavy atom. The minimum Gasteiger partial charge on any atom is -0.264 e. The lowest BCUT2D eigenvalue weighted by Crippen LogP contribution is -1.92. The van der Waals surface area contributed by atoms with Crippen molar-refractivity contribution in [3.05, 3.63) is 243 Å². The van der Waals surface area contributed by atoms with Crippen molar-refractivity contribution in [1.82, 2.24) is 9.97 Å². The lowest BCUT2D eigenvalue weighted by Gasteiger charge is -2.17. The Kier molecular flexibility index (Phi) is 10.0. The van der Waals surface area contributed by atoms with Crippen LogP contribution in [0, 0.1) is 0 Å². The van der Waals surface area contributed by atoms with E-state index in [2.05, 4.69) is 216 Å². The summed E-state index contributed by atoms with van der Waals surface area (Å²) in [5.41, 5.74) is 20.7. The second-order valence-corrected chi connectivity index (χ2v) is 15.1. The molecule has 60 heavy (non-hydrogen) atoms. The van der Waals surface area contributed by atoms with Crippen LogP contribution >= 0.6 is 0 Å². The molecule has 2 nitrogen and oxygen atoms in total. The van der Waals surface area contributed by atoms with Crippen molar-refractivity contribution < 1.29 is 0 Å². The fraction of sp³-hybridized carbons (Fsp3) is 0. The highest BCUT2D eigenvalue weighted by Gasteiger charge is 2.16. The van der Waals surface area contributed by atoms with Crippen LogP contribution in [0.25, 0.3) is 100 Å². The molecule has 10 rings (SSSR count). The zero-order valence-electron chi connectivity index (χ0n) is 33.0. The lowest BCUT2D eigenvalue weighted by atomic mass is 9.87. The van der Waals surface area contributed by atoms with Crippen molar-refractivity contribution in [2.45, 2.75) is 0 Å². The predicted molar refractivity (Wildman–Crippen MR) is 251 cm³/mol. The molecule has 0 spiro atoms. The van der Waals surface area contributed by atoms with Crippen molar-refractivity contribution in [3.63, 3.8) is 0 Å². The van der Waals surface area contributed by atoms with Crippen LogP contribution in [0.5, 0.6) is 0 Å². The summed E-state index contributed by atoms with van der Waals surface area (Å²) in [4.78, 5) is 8.97. The van der Waals surface area contributed by atoms with Crippen molar-refractivity contribution in [2.24, 2.45) is 0 Å². The van der Waals surface area contributed by atoms with E-state index >= 15 is 0 Å². The molecule has 0 aliphatic rings. The molecule has 0 radical (unpaired) electrons. The van der Waals surface area contributed by atoms with Crippen LogP contribution in [-0.2, 0) is 0 Å². The summed E-state index contributed by atoms with van der Waals surface area (Å²) in [5.74, 6) is 0. The molecule has 0 saturated heterocycles. The molecule has 2 heterocycles. The molecule has 0 aliphatic heterocycles. The maximum Gasteiger partial charge on any atom is 0.0346 e. The maximum atomic E-state index is 4.49. The van der Waals surface area contributed by atoms with Gasteiger partial charge < -0.3 is 0 Å². The summed E-state index contributed by atoms with van der Waals surface area (Å²) in [6.45, 7) is 0. The van der Waals surface area contributed by atoms with Gasteiger partial charge in [-0.2, -0.15) is 0 Å². The highest BCUT2D eigenvalue weighted by molar-refractivity contribution is 5.92. The Morgan fingerprint density at radius 3 is 0.783 bits per heavy atom. The fourth-order valence-corrected chi connectivity index (χ4v) is 8.22. The molecule has 8 aromatic carbocycles. The number of nitrogens with zero attached hydrogens (tertiary/aromatic N) is 2. The Morgan fingerprint density at radius 1 is 0.183 bits per heavy atom. The number of rotatable bonds is 9. The summed E-state index contributed by atoms with van der Waals surface area (Å²) in [6, 6.07) is 78.8. The third kappa shape index (κ3) is 7.58. The van der Waals surface area contributed by atoms with Crippen LogP contribution in [0.4, 0.5) is 0 Å². The largest absolute Gasteiger partial charge is 0.264 e. The third-order valence-corrected chi connectivity index (χ3v) is 11.2. The van der Waals surface area contributed by atoms with E-state index in [0.29, 0.717) is 0 Å². The summed E-state index contributed by atoms with van der Waals surface area (Å²) in [5, 5.41) is 0. The summed E-state index contributed by atoms with van der Waals surface area (Å²) >= 11 is 0. The second kappa shape index (κ2) is 16.5. The van der Waals surface area contributed by atoms with E-state index in [4.69, 9.17) is 0 Å². The van der Waals surface area contributed by atoms with Gasteiger partial charge in [0.15, 0.2) is 0 Å². The highest BCUT2D eigenvalue weighted by Crippen LogP contribution is 2.42. The summed E-state index contributed by atoms with van der Waals surface area (Å²) in [6.07, 6.45) is 7.52. The normalized spacial score (nSPS) is 11.0. The second-order valence-electron chi connectivity index (χ2n) is 15.1. The zero-order chi connectivity index (χ0) is 40.1. The van der Waals surface area contributed by atoms with Gasteiger partial charge in [-0.05, 0) is 150 Å². The zero-order valence-corrected chi connectivity index (χ0v) is 33.0. The molecule has 0 atom stereocenters. The van der Waals surface area contributed by atoms with E-state index in [-0.39, 0.29) is 0 Å². The number of hydrogen-bond donors (Lipinski definition) is 0. The predicted octanol–water partition coefficient (Wildman–Crippen LogP) is 15.5. The quantitative estimate of drug-likeness (QED) is 0.146. The number of benzene rings is 8. The fourth-order valence-electron chi connectivity index (χ4n) is 8.22. The van der Waals surface area contributed by atoms with Crippen molar-refractivity contribution in [3.8, 4) is 100 Å². The van der Waals surface area contributed by atoms with E-state index in [9.17, 15) is 0 Å². The minimum absolute atomic E-state index is 1.06. The smallest absolute Gasteiger partial charge is 0.0346 e. The van der Waals surface area contributed by atoms with E-state index in [1.165, 1.54) is 44.5 Å². The average molecular weight is 765 g/mol. The number of hydrogen-bond acceptors (Lipinski definition) is 2. The third-order valence-electron chi connectivity index (χ3n) is 11.2. The minimum atomic E-state index is 1.06. The van der Waals surface area contributed by atoms with Gasteiger partial charge in [0, 0.05) is 35.9 Å². The Bertz CT molecular complexity index is 2830. The average Bonchev–Trinajstić information content (AvgIpc) is 3.35. The van der Waals surface area contributed by atoms with E-state index in [1.807, 2.05) is 36.9 Å². The number of aromatic nitrogens is 2. The first-order valence-corrected chi connectivity index (χ1v) is 20.4. The van der Waals surface area contributed by atoms with Gasteiger partial charge in [0.1, 0.15) is 0 Å². The molecule has 0 fully saturated rings. The van der Waals surface area contributed by atoms with Gasteiger partial charge in [0.05, 0.1) is 0 Å². The molecule has 0 amide bonds. The van der Waals surface area contributed by atoms with Crippen LogP contribution in [-0.4, -0.2) is 9.97 Å². The van der Waals surface area contributed by atoms with Gasteiger partial charge in [-0.1, -0.05) is 158 Å². The van der Waals surface area contributed by atoms with Crippen molar-refractivity contribution in [1.29, 1.82) is 0 Å². The van der Waals surface area contributed by atoms with Gasteiger partial charge in [-0.3, -0.25) is 9.97 Å². The first kappa shape index (κ1) is 36.4. The topological polar surface area (TPSA) is 25.8 Å². The van der Waals surface area contributed by atoms with Gasteiger partial charge in [0.2, 0.25) is 0 Å². The van der Waals surface area contributed by atoms with Gasteiger partial charge >= 0.3 is 0 Å². The highest BCUT2D eigenvalue weighted by atomic mass is 14.6. The molecule has 0 bridgehead atoms. The van der Waals surface area contributed by atoms with E-state index < -0.39 is 0 Å². The van der Waals surface area contributed by atoms with Crippen molar-refractivity contribution >= 4 is 0 Å². The van der Waals surface area contributed by atoms with Crippen molar-refractivity contribution in [2.75, 3.05) is 0 Å².